The molecular weight excluding hydrogens is 369 g/mol. The second-order valence-corrected chi connectivity index (χ2v) is 5.87. The van der Waals surface area contributed by atoms with Crippen molar-refractivity contribution in [1.29, 1.82) is 0 Å². The van der Waals surface area contributed by atoms with Gasteiger partial charge in [0.05, 0.1) is 34.7 Å². The van der Waals surface area contributed by atoms with E-state index in [-0.39, 0.29) is 30.5 Å². The van der Waals surface area contributed by atoms with E-state index in [1.54, 1.807) is 0 Å². The third kappa shape index (κ3) is 4.56. The Labute approximate surface area is 156 Å². The van der Waals surface area contributed by atoms with Gasteiger partial charge in [-0.05, 0) is 31.0 Å². The highest BCUT2D eigenvalue weighted by molar-refractivity contribution is 5.95. The van der Waals surface area contributed by atoms with E-state index in [0.717, 1.165) is 12.1 Å². The van der Waals surface area contributed by atoms with E-state index < -0.39 is 17.2 Å². The van der Waals surface area contributed by atoms with Crippen LogP contribution in [-0.4, -0.2) is 22.2 Å². The van der Waals surface area contributed by atoms with Crippen molar-refractivity contribution in [2.75, 3.05) is 11.9 Å². The molecule has 0 saturated carbocycles. The first kappa shape index (κ1) is 22.0. The predicted octanol–water partition coefficient (Wildman–Crippen LogP) is 4.02. The van der Waals surface area contributed by atoms with Crippen molar-refractivity contribution in [3.63, 3.8) is 0 Å². The molecule has 1 aromatic heterocycles. The fourth-order valence-electron chi connectivity index (χ4n) is 2.57. The van der Waals surface area contributed by atoms with Gasteiger partial charge in [0, 0.05) is 6.54 Å². The molecule has 0 aliphatic carbocycles. The van der Waals surface area contributed by atoms with Crippen LogP contribution in [0.15, 0.2) is 36.7 Å². The summed E-state index contributed by atoms with van der Waals surface area (Å²) in [6.45, 7) is 4.00. The first-order valence-electron chi connectivity index (χ1n) is 7.99. The zero-order valence-corrected chi connectivity index (χ0v) is 15.3. The molecule has 0 fully saturated rings. The number of hydrogen-bond donors (Lipinski definition) is 2. The van der Waals surface area contributed by atoms with Crippen molar-refractivity contribution < 1.29 is 18.0 Å². The Hall–Kier alpha value is -2.06. The Morgan fingerprint density at radius 1 is 1.27 bits per heavy atom. The number of anilines is 1. The molecular formula is C17H22ClF3N4O. The lowest BCUT2D eigenvalue weighted by atomic mass is 9.81. The highest BCUT2D eigenvalue weighted by Gasteiger charge is 2.33. The Bertz CT molecular complexity index is 733. The fraction of sp³-hybridized carbons (Fsp3) is 0.412. The van der Waals surface area contributed by atoms with E-state index in [9.17, 15) is 18.0 Å². The lowest BCUT2D eigenvalue weighted by molar-refractivity contribution is -0.137. The molecule has 1 heterocycles. The molecule has 144 valence electrons. The summed E-state index contributed by atoms with van der Waals surface area (Å²) in [7, 11) is 0. The van der Waals surface area contributed by atoms with Gasteiger partial charge in [0.2, 0.25) is 5.91 Å². The molecule has 9 heteroatoms. The Balaban J connectivity index is 0.00000338. The van der Waals surface area contributed by atoms with Crippen molar-refractivity contribution in [2.45, 2.75) is 32.9 Å². The molecule has 5 nitrogen and oxygen atoms in total. The summed E-state index contributed by atoms with van der Waals surface area (Å²) in [5, 5.41) is 6.77. The molecule has 1 aromatic carbocycles. The van der Waals surface area contributed by atoms with Crippen LogP contribution < -0.4 is 11.1 Å². The van der Waals surface area contributed by atoms with Crippen molar-refractivity contribution in [3.05, 3.63) is 42.2 Å². The normalized spacial score (nSPS) is 11.8. The number of halogens is 4. The van der Waals surface area contributed by atoms with E-state index in [4.69, 9.17) is 5.73 Å². The van der Waals surface area contributed by atoms with Crippen molar-refractivity contribution in [1.82, 2.24) is 9.78 Å². The number of alkyl halides is 3. The van der Waals surface area contributed by atoms with Crippen molar-refractivity contribution in [3.8, 4) is 5.69 Å². The SMILES string of the molecule is CCC(CC)(CN)C(=O)Nc1cnn(-c2cccc(C(F)(F)F)c2)c1.Cl. The van der Waals surface area contributed by atoms with Gasteiger partial charge in [0.25, 0.3) is 0 Å². The first-order valence-corrected chi connectivity index (χ1v) is 7.99. The average Bonchev–Trinajstić information content (AvgIpc) is 3.05. The van der Waals surface area contributed by atoms with E-state index >= 15 is 0 Å². The molecule has 2 aromatic rings. The number of rotatable bonds is 6. The number of amides is 1. The molecule has 0 radical (unpaired) electrons. The van der Waals surface area contributed by atoms with Gasteiger partial charge in [-0.25, -0.2) is 4.68 Å². The summed E-state index contributed by atoms with van der Waals surface area (Å²) >= 11 is 0. The molecule has 0 atom stereocenters. The molecule has 0 bridgehead atoms. The zero-order chi connectivity index (χ0) is 18.7. The lowest BCUT2D eigenvalue weighted by Gasteiger charge is -2.28. The van der Waals surface area contributed by atoms with Gasteiger partial charge in [-0.1, -0.05) is 19.9 Å². The zero-order valence-electron chi connectivity index (χ0n) is 14.5. The Kier molecular flexibility index (Phi) is 7.23. The van der Waals surface area contributed by atoms with Gasteiger partial charge in [0.1, 0.15) is 0 Å². The minimum absolute atomic E-state index is 0. The minimum atomic E-state index is -4.43. The quantitative estimate of drug-likeness (QED) is 0.782. The van der Waals surface area contributed by atoms with Crippen LogP contribution in [0.1, 0.15) is 32.3 Å². The standard InChI is InChI=1S/C17H21F3N4O.ClH/c1-3-16(4-2,11-21)15(25)23-13-9-22-24(10-13)14-7-5-6-12(8-14)17(18,19)20;/h5-10H,3-4,11,21H2,1-2H3,(H,23,25);1H. The number of nitrogens with zero attached hydrogens (tertiary/aromatic N) is 2. The molecule has 0 aliphatic heterocycles. The summed E-state index contributed by atoms with van der Waals surface area (Å²) in [4.78, 5) is 12.5. The van der Waals surface area contributed by atoms with E-state index in [2.05, 4.69) is 10.4 Å². The van der Waals surface area contributed by atoms with Crippen molar-refractivity contribution in [2.24, 2.45) is 11.1 Å². The smallest absolute Gasteiger partial charge is 0.329 e. The van der Waals surface area contributed by atoms with Gasteiger partial charge in [-0.3, -0.25) is 4.79 Å². The third-order valence-electron chi connectivity index (χ3n) is 4.50. The number of nitrogens with one attached hydrogen (secondary N) is 1. The Morgan fingerprint density at radius 3 is 2.46 bits per heavy atom. The van der Waals surface area contributed by atoms with Gasteiger partial charge in [0.15, 0.2) is 0 Å². The molecule has 1 amide bonds. The van der Waals surface area contributed by atoms with Crippen molar-refractivity contribution >= 4 is 24.0 Å². The molecule has 0 saturated heterocycles. The van der Waals surface area contributed by atoms with Crippen LogP contribution >= 0.6 is 12.4 Å². The maximum atomic E-state index is 12.8. The maximum Gasteiger partial charge on any atom is 0.416 e. The van der Waals surface area contributed by atoms with Gasteiger partial charge >= 0.3 is 6.18 Å². The molecule has 0 aliphatic rings. The summed E-state index contributed by atoms with van der Waals surface area (Å²) in [6, 6.07) is 4.82. The topological polar surface area (TPSA) is 72.9 Å². The number of benzene rings is 1. The van der Waals surface area contributed by atoms with E-state index in [1.165, 1.54) is 29.2 Å². The van der Waals surface area contributed by atoms with Crippen LogP contribution in [0.3, 0.4) is 0 Å². The predicted molar refractivity (Wildman–Crippen MR) is 96.5 cm³/mol. The summed E-state index contributed by atoms with van der Waals surface area (Å²) in [5.74, 6) is -0.219. The highest BCUT2D eigenvalue weighted by Crippen LogP contribution is 2.30. The van der Waals surface area contributed by atoms with Crippen LogP contribution in [0.25, 0.3) is 5.69 Å². The second-order valence-electron chi connectivity index (χ2n) is 5.87. The highest BCUT2D eigenvalue weighted by atomic mass is 35.5. The summed E-state index contributed by atoms with van der Waals surface area (Å²) < 4.78 is 39.7. The van der Waals surface area contributed by atoms with Crippen LogP contribution in [0.4, 0.5) is 18.9 Å². The number of aromatic nitrogens is 2. The van der Waals surface area contributed by atoms with Crippen LogP contribution in [0.2, 0.25) is 0 Å². The van der Waals surface area contributed by atoms with Crippen LogP contribution in [0, 0.1) is 5.41 Å². The molecule has 26 heavy (non-hydrogen) atoms. The third-order valence-corrected chi connectivity index (χ3v) is 4.50. The number of carbonyl (C=O) groups excluding carboxylic acids is 1. The van der Waals surface area contributed by atoms with Crippen LogP contribution in [0.5, 0.6) is 0 Å². The monoisotopic (exact) mass is 390 g/mol. The lowest BCUT2D eigenvalue weighted by Crippen LogP contribution is -2.41. The van der Waals surface area contributed by atoms with E-state index in [1.807, 2.05) is 13.8 Å². The first-order chi connectivity index (χ1) is 11.8. The average molecular weight is 391 g/mol. The van der Waals surface area contributed by atoms with Gasteiger partial charge < -0.3 is 11.1 Å². The summed E-state index contributed by atoms with van der Waals surface area (Å²) in [6.07, 6.45) is -0.380. The minimum Gasteiger partial charge on any atom is -0.329 e. The van der Waals surface area contributed by atoms with Crippen LogP contribution in [-0.2, 0) is 11.0 Å². The van der Waals surface area contributed by atoms with Gasteiger partial charge in [-0.15, -0.1) is 12.4 Å². The number of nitrogens with two attached hydrogens (primary N) is 1. The molecule has 0 unspecified atom stereocenters. The number of carbonyl (C=O) groups is 1. The largest absolute Gasteiger partial charge is 0.416 e. The second kappa shape index (κ2) is 8.55. The fourth-order valence-corrected chi connectivity index (χ4v) is 2.57. The summed E-state index contributed by atoms with van der Waals surface area (Å²) in [5.41, 5.74) is 4.98. The van der Waals surface area contributed by atoms with Gasteiger partial charge in [-0.2, -0.15) is 18.3 Å². The Morgan fingerprint density at radius 2 is 1.92 bits per heavy atom. The molecule has 2 rings (SSSR count). The number of hydrogen-bond acceptors (Lipinski definition) is 3. The van der Waals surface area contributed by atoms with E-state index in [0.29, 0.717) is 18.5 Å². The molecule has 3 N–H and O–H groups in total. The molecule has 0 spiro atoms. The maximum absolute atomic E-state index is 12.8.